The van der Waals surface area contributed by atoms with E-state index < -0.39 is 0 Å². The highest BCUT2D eigenvalue weighted by atomic mass is 32.1. The third-order valence-corrected chi connectivity index (χ3v) is 2.05. The highest BCUT2D eigenvalue weighted by Crippen LogP contribution is 2.14. The van der Waals surface area contributed by atoms with Gasteiger partial charge in [-0.2, -0.15) is 5.26 Å². The zero-order chi connectivity index (χ0) is 8.10. The Hall–Kier alpha value is -1.29. The highest BCUT2D eigenvalue weighted by molar-refractivity contribution is 7.10. The number of aliphatic hydroxyl groups is 1. The number of rotatable bonds is 1. The molecule has 0 saturated carbocycles. The fraction of sp³-hybridized carbons (Fsp3) is 0.125. The quantitative estimate of drug-likeness (QED) is 0.630. The molecule has 1 aromatic heterocycles. The average molecular weight is 163 g/mol. The summed E-state index contributed by atoms with van der Waals surface area (Å²) in [5.41, 5.74) is 0.749. The van der Waals surface area contributed by atoms with Crippen LogP contribution in [-0.2, 0) is 6.61 Å². The summed E-state index contributed by atoms with van der Waals surface area (Å²) in [6.45, 7) is -0.00684. The van der Waals surface area contributed by atoms with Crippen molar-refractivity contribution in [2.24, 2.45) is 0 Å². The van der Waals surface area contributed by atoms with Crippen LogP contribution in [0.25, 0.3) is 0 Å². The molecule has 54 valence electrons. The van der Waals surface area contributed by atoms with Crippen molar-refractivity contribution >= 4 is 11.3 Å². The third-order valence-electron chi connectivity index (χ3n) is 1.14. The van der Waals surface area contributed by atoms with Gasteiger partial charge < -0.3 is 5.11 Å². The number of aliphatic hydroxyl groups excluding tert-OH is 1. The van der Waals surface area contributed by atoms with Gasteiger partial charge in [-0.3, -0.25) is 0 Å². The van der Waals surface area contributed by atoms with Crippen molar-refractivity contribution in [2.45, 2.75) is 6.61 Å². The van der Waals surface area contributed by atoms with E-state index in [0.29, 0.717) is 0 Å². The first-order valence-corrected chi connectivity index (χ1v) is 3.83. The molecule has 0 bridgehead atoms. The fourth-order valence-corrected chi connectivity index (χ4v) is 1.36. The molecule has 1 heterocycles. The zero-order valence-corrected chi connectivity index (χ0v) is 6.48. The average Bonchev–Trinajstić information content (AvgIpc) is 2.47. The Bertz CT molecular complexity index is 337. The van der Waals surface area contributed by atoms with Crippen molar-refractivity contribution in [3.8, 4) is 17.9 Å². The second-order valence-electron chi connectivity index (χ2n) is 1.78. The molecular formula is C8H5NOS. The van der Waals surface area contributed by atoms with E-state index in [4.69, 9.17) is 10.4 Å². The second kappa shape index (κ2) is 3.78. The molecule has 3 heteroatoms. The fourth-order valence-electron chi connectivity index (χ4n) is 0.670. The molecule has 0 saturated heterocycles. The van der Waals surface area contributed by atoms with Gasteiger partial charge in [-0.25, -0.2) is 0 Å². The van der Waals surface area contributed by atoms with Gasteiger partial charge in [0, 0.05) is 16.4 Å². The van der Waals surface area contributed by atoms with Crippen molar-refractivity contribution in [2.75, 3.05) is 0 Å². The predicted molar refractivity (Wildman–Crippen MR) is 42.7 cm³/mol. The Labute approximate surface area is 68.7 Å². The van der Waals surface area contributed by atoms with Crippen molar-refractivity contribution < 1.29 is 5.11 Å². The maximum atomic E-state index is 8.77. The van der Waals surface area contributed by atoms with Gasteiger partial charge in [0.05, 0.1) is 6.61 Å². The molecule has 0 atom stereocenters. The standard InChI is InChI=1S/C8H5NOS/c9-4-1-2-7-3-5-11-8(7)6-10/h3,5,10H,6H2. The minimum Gasteiger partial charge on any atom is -0.391 e. The first-order valence-electron chi connectivity index (χ1n) is 2.96. The summed E-state index contributed by atoms with van der Waals surface area (Å²) in [6.07, 6.45) is 0. The lowest BCUT2D eigenvalue weighted by atomic mass is 10.3. The Morgan fingerprint density at radius 3 is 3.09 bits per heavy atom. The van der Waals surface area contributed by atoms with E-state index in [9.17, 15) is 0 Å². The molecule has 11 heavy (non-hydrogen) atoms. The van der Waals surface area contributed by atoms with Gasteiger partial charge in [0.1, 0.15) is 0 Å². The molecule has 0 aromatic carbocycles. The number of thiophene rings is 1. The SMILES string of the molecule is N#CC#Cc1ccsc1CO. The van der Waals surface area contributed by atoms with Crippen LogP contribution in [0.5, 0.6) is 0 Å². The summed E-state index contributed by atoms with van der Waals surface area (Å²) >= 11 is 1.44. The molecule has 1 rings (SSSR count). The first-order chi connectivity index (χ1) is 5.38. The maximum absolute atomic E-state index is 8.77. The van der Waals surface area contributed by atoms with Gasteiger partial charge in [-0.05, 0) is 17.4 Å². The maximum Gasteiger partial charge on any atom is 0.152 e. The van der Waals surface area contributed by atoms with Crippen LogP contribution in [0.4, 0.5) is 0 Å². The van der Waals surface area contributed by atoms with Gasteiger partial charge in [-0.15, -0.1) is 11.3 Å². The van der Waals surface area contributed by atoms with Crippen molar-refractivity contribution in [3.63, 3.8) is 0 Å². The Morgan fingerprint density at radius 2 is 2.45 bits per heavy atom. The number of hydrogen-bond donors (Lipinski definition) is 1. The molecule has 0 fully saturated rings. The van der Waals surface area contributed by atoms with E-state index in [1.165, 1.54) is 11.3 Å². The van der Waals surface area contributed by atoms with Gasteiger partial charge in [0.15, 0.2) is 6.07 Å². The molecular weight excluding hydrogens is 158 g/mol. The second-order valence-corrected chi connectivity index (χ2v) is 2.78. The molecule has 0 aliphatic rings. The normalized spacial score (nSPS) is 8.00. The Kier molecular flexibility index (Phi) is 2.68. The van der Waals surface area contributed by atoms with E-state index in [1.54, 1.807) is 12.1 Å². The largest absolute Gasteiger partial charge is 0.391 e. The van der Waals surface area contributed by atoms with E-state index in [2.05, 4.69) is 11.8 Å². The lowest BCUT2D eigenvalue weighted by molar-refractivity contribution is 0.285. The van der Waals surface area contributed by atoms with Crippen LogP contribution in [0.2, 0.25) is 0 Å². The third kappa shape index (κ3) is 1.81. The van der Waals surface area contributed by atoms with Crippen LogP contribution in [0, 0.1) is 23.2 Å². The molecule has 0 amide bonds. The van der Waals surface area contributed by atoms with Gasteiger partial charge in [-0.1, -0.05) is 0 Å². The summed E-state index contributed by atoms with van der Waals surface area (Å²) in [4.78, 5) is 0.813. The summed E-state index contributed by atoms with van der Waals surface area (Å²) in [5, 5.41) is 18.8. The number of hydrogen-bond acceptors (Lipinski definition) is 3. The van der Waals surface area contributed by atoms with Crippen LogP contribution in [0.3, 0.4) is 0 Å². The van der Waals surface area contributed by atoms with Crippen molar-refractivity contribution in [1.82, 2.24) is 0 Å². The minimum atomic E-state index is -0.00684. The number of nitrogens with zero attached hydrogens (tertiary/aromatic N) is 1. The molecule has 0 aliphatic carbocycles. The highest BCUT2D eigenvalue weighted by Gasteiger charge is 1.97. The van der Waals surface area contributed by atoms with E-state index >= 15 is 0 Å². The van der Waals surface area contributed by atoms with E-state index in [-0.39, 0.29) is 6.61 Å². The molecule has 0 unspecified atom stereocenters. The molecule has 2 nitrogen and oxygen atoms in total. The summed E-state index contributed by atoms with van der Waals surface area (Å²) < 4.78 is 0. The van der Waals surface area contributed by atoms with Crippen molar-refractivity contribution in [3.05, 3.63) is 21.9 Å². The summed E-state index contributed by atoms with van der Waals surface area (Å²) in [6, 6.07) is 3.51. The summed E-state index contributed by atoms with van der Waals surface area (Å²) in [5.74, 6) is 4.91. The minimum absolute atomic E-state index is 0.00684. The van der Waals surface area contributed by atoms with Crippen LogP contribution in [0.15, 0.2) is 11.4 Å². The number of nitriles is 1. The van der Waals surface area contributed by atoms with Gasteiger partial charge in [0.2, 0.25) is 0 Å². The van der Waals surface area contributed by atoms with Gasteiger partial charge in [0.25, 0.3) is 0 Å². The first kappa shape index (κ1) is 7.81. The molecule has 1 aromatic rings. The summed E-state index contributed by atoms with van der Waals surface area (Å²) in [7, 11) is 0. The molecule has 0 spiro atoms. The van der Waals surface area contributed by atoms with Crippen LogP contribution < -0.4 is 0 Å². The van der Waals surface area contributed by atoms with Gasteiger partial charge >= 0.3 is 0 Å². The lowest BCUT2D eigenvalue weighted by Crippen LogP contribution is -1.79. The van der Waals surface area contributed by atoms with Crippen LogP contribution in [0.1, 0.15) is 10.4 Å². The van der Waals surface area contributed by atoms with Crippen molar-refractivity contribution in [1.29, 1.82) is 5.26 Å². The molecule has 0 radical (unpaired) electrons. The zero-order valence-electron chi connectivity index (χ0n) is 5.66. The molecule has 1 N–H and O–H groups in total. The topological polar surface area (TPSA) is 44.0 Å². The van der Waals surface area contributed by atoms with E-state index in [1.807, 2.05) is 5.38 Å². The molecule has 0 aliphatic heterocycles. The van der Waals surface area contributed by atoms with Crippen LogP contribution >= 0.6 is 11.3 Å². The lowest BCUT2D eigenvalue weighted by Gasteiger charge is -1.87. The van der Waals surface area contributed by atoms with E-state index in [0.717, 1.165) is 10.4 Å². The monoisotopic (exact) mass is 163 g/mol. The predicted octanol–water partition coefficient (Wildman–Crippen LogP) is 1.12. The smallest absolute Gasteiger partial charge is 0.152 e. The Morgan fingerprint density at radius 1 is 1.64 bits per heavy atom. The Balaban J connectivity index is 2.95. The van der Waals surface area contributed by atoms with Crippen LogP contribution in [-0.4, -0.2) is 5.11 Å².